The van der Waals surface area contributed by atoms with Gasteiger partial charge in [-0.2, -0.15) is 4.99 Å². The van der Waals surface area contributed by atoms with E-state index in [0.717, 1.165) is 10.2 Å². The first-order chi connectivity index (χ1) is 16.0. The lowest BCUT2D eigenvalue weighted by atomic mass is 10.2. The third kappa shape index (κ3) is 4.00. The Morgan fingerprint density at radius 2 is 1.88 bits per heavy atom. The average Bonchev–Trinajstić information content (AvgIpc) is 3.15. The van der Waals surface area contributed by atoms with E-state index in [-0.39, 0.29) is 18.5 Å². The monoisotopic (exact) mass is 466 g/mol. The smallest absolute Gasteiger partial charge is 0.349 e. The van der Waals surface area contributed by atoms with Crippen molar-refractivity contribution in [3.63, 3.8) is 0 Å². The van der Waals surface area contributed by atoms with Crippen molar-refractivity contribution in [2.75, 3.05) is 20.3 Å². The summed E-state index contributed by atoms with van der Waals surface area (Å²) in [6.07, 6.45) is 0.0796. The number of nitrogens with zero attached hydrogens (tertiary/aromatic N) is 2. The molecule has 1 aliphatic rings. The molecule has 9 nitrogen and oxygen atoms in total. The van der Waals surface area contributed by atoms with Gasteiger partial charge in [0.15, 0.2) is 16.3 Å². The van der Waals surface area contributed by atoms with Crippen molar-refractivity contribution in [1.82, 2.24) is 4.57 Å². The van der Waals surface area contributed by atoms with Crippen molar-refractivity contribution in [3.05, 3.63) is 63.2 Å². The van der Waals surface area contributed by atoms with E-state index in [2.05, 4.69) is 4.99 Å². The summed E-state index contributed by atoms with van der Waals surface area (Å²) in [4.78, 5) is 41.7. The van der Waals surface area contributed by atoms with Gasteiger partial charge in [0.05, 0.1) is 23.7 Å². The van der Waals surface area contributed by atoms with Crippen LogP contribution in [0.3, 0.4) is 0 Å². The summed E-state index contributed by atoms with van der Waals surface area (Å²) >= 11 is 1.24. The van der Waals surface area contributed by atoms with E-state index in [9.17, 15) is 14.4 Å². The lowest BCUT2D eigenvalue weighted by Gasteiger charge is -2.18. The van der Waals surface area contributed by atoms with Crippen molar-refractivity contribution in [2.24, 2.45) is 4.99 Å². The number of ether oxygens (including phenoxy) is 3. The van der Waals surface area contributed by atoms with Crippen LogP contribution in [0.5, 0.6) is 11.5 Å². The van der Waals surface area contributed by atoms with E-state index >= 15 is 0 Å². The normalized spacial score (nSPS) is 13.4. The van der Waals surface area contributed by atoms with Crippen LogP contribution in [0.1, 0.15) is 16.8 Å². The quantitative estimate of drug-likeness (QED) is 0.336. The molecule has 168 valence electrons. The van der Waals surface area contributed by atoms with Crippen LogP contribution in [-0.2, 0) is 16.1 Å². The van der Waals surface area contributed by atoms with Gasteiger partial charge in [-0.3, -0.25) is 9.59 Å². The molecule has 4 aromatic rings. The number of amides is 1. The van der Waals surface area contributed by atoms with Crippen LogP contribution in [0.25, 0.3) is 21.2 Å². The van der Waals surface area contributed by atoms with Gasteiger partial charge in [-0.15, -0.1) is 0 Å². The molecule has 33 heavy (non-hydrogen) atoms. The third-order valence-electron chi connectivity index (χ3n) is 5.18. The summed E-state index contributed by atoms with van der Waals surface area (Å²) < 4.78 is 23.9. The molecule has 3 heterocycles. The van der Waals surface area contributed by atoms with Gasteiger partial charge in [0, 0.05) is 24.1 Å². The Kier molecular flexibility index (Phi) is 5.43. The summed E-state index contributed by atoms with van der Waals surface area (Å²) in [7, 11) is 1.31. The lowest BCUT2D eigenvalue weighted by molar-refractivity contribution is -0.140. The number of benzene rings is 2. The Morgan fingerprint density at radius 1 is 1.12 bits per heavy atom. The zero-order chi connectivity index (χ0) is 22.9. The van der Waals surface area contributed by atoms with Gasteiger partial charge in [-0.1, -0.05) is 29.5 Å². The molecule has 0 N–H and O–H groups in total. The van der Waals surface area contributed by atoms with Crippen molar-refractivity contribution >= 4 is 44.4 Å². The molecular formula is C23H18N2O7S. The molecule has 1 amide bonds. The number of carbonyl (C=O) groups is 2. The minimum absolute atomic E-state index is 0.0796. The molecule has 0 unspecified atom stereocenters. The summed E-state index contributed by atoms with van der Waals surface area (Å²) in [5.41, 5.74) is 0.184. The molecule has 0 fully saturated rings. The first kappa shape index (κ1) is 21.0. The highest BCUT2D eigenvalue weighted by atomic mass is 32.1. The van der Waals surface area contributed by atoms with Gasteiger partial charge in [-0.05, 0) is 12.1 Å². The molecule has 10 heteroatoms. The fourth-order valence-corrected chi connectivity index (χ4v) is 4.64. The van der Waals surface area contributed by atoms with Gasteiger partial charge in [0.25, 0.3) is 5.91 Å². The van der Waals surface area contributed by atoms with Crippen LogP contribution >= 0.6 is 11.3 Å². The highest BCUT2D eigenvalue weighted by Gasteiger charge is 2.19. The maximum atomic E-state index is 13.0. The molecule has 0 atom stereocenters. The number of thiazole rings is 1. The van der Waals surface area contributed by atoms with Crippen molar-refractivity contribution in [2.45, 2.75) is 13.0 Å². The third-order valence-corrected chi connectivity index (χ3v) is 6.22. The number of fused-ring (bicyclic) bond motifs is 3. The predicted octanol–water partition coefficient (Wildman–Crippen LogP) is 2.88. The van der Waals surface area contributed by atoms with Gasteiger partial charge in [0.1, 0.15) is 24.4 Å². The Hall–Kier alpha value is -3.92. The predicted molar refractivity (Wildman–Crippen MR) is 120 cm³/mol. The molecule has 0 saturated carbocycles. The zero-order valence-corrected chi connectivity index (χ0v) is 18.3. The Morgan fingerprint density at radius 3 is 2.67 bits per heavy atom. The maximum absolute atomic E-state index is 13.0. The van der Waals surface area contributed by atoms with E-state index in [1.54, 1.807) is 34.9 Å². The van der Waals surface area contributed by atoms with Crippen molar-refractivity contribution in [1.29, 1.82) is 0 Å². The number of rotatable bonds is 4. The minimum Gasteiger partial charge on any atom is -0.486 e. The first-order valence-electron chi connectivity index (χ1n) is 10.2. The SMILES string of the molecule is COC(=O)CCn1c(=NC(=O)c2cc3ccccc3oc2=O)sc2cc3c(cc21)OCCO3. The van der Waals surface area contributed by atoms with Crippen LogP contribution in [0.15, 0.2) is 56.7 Å². The minimum atomic E-state index is -0.762. The van der Waals surface area contributed by atoms with Crippen LogP contribution < -0.4 is 19.9 Å². The van der Waals surface area contributed by atoms with Crippen LogP contribution in [0.2, 0.25) is 0 Å². The number of aromatic nitrogens is 1. The number of esters is 1. The van der Waals surface area contributed by atoms with Crippen LogP contribution in [-0.4, -0.2) is 36.8 Å². The van der Waals surface area contributed by atoms with Crippen LogP contribution in [0, 0.1) is 0 Å². The van der Waals surface area contributed by atoms with E-state index in [0.29, 0.717) is 40.5 Å². The Labute approximate surface area is 190 Å². The topological polar surface area (TPSA) is 109 Å². The molecule has 0 bridgehead atoms. The lowest BCUT2D eigenvalue weighted by Crippen LogP contribution is -2.21. The fraction of sp³-hybridized carbons (Fsp3) is 0.217. The van der Waals surface area contributed by atoms with E-state index in [1.807, 2.05) is 6.07 Å². The molecule has 1 aliphatic heterocycles. The fourth-order valence-electron chi connectivity index (χ4n) is 3.57. The summed E-state index contributed by atoms with van der Waals surface area (Å²) in [6, 6.07) is 12.0. The average molecular weight is 466 g/mol. The molecule has 2 aromatic carbocycles. The summed E-state index contributed by atoms with van der Waals surface area (Å²) in [6.45, 7) is 1.10. The Balaban J connectivity index is 1.64. The number of para-hydroxylation sites is 1. The maximum Gasteiger partial charge on any atom is 0.349 e. The standard InChI is InChI=1S/C23H18N2O7S/c1-29-20(26)6-7-25-15-11-17-18(31-9-8-30-17)12-19(15)33-23(25)24-21(27)14-10-13-4-2-3-5-16(13)32-22(14)28/h2-5,10-12H,6-9H2,1H3. The summed E-state index contributed by atoms with van der Waals surface area (Å²) in [5, 5.41) is 0.618. The molecule has 5 rings (SSSR count). The molecule has 0 aliphatic carbocycles. The molecule has 0 spiro atoms. The second-order valence-electron chi connectivity index (χ2n) is 7.23. The molecule has 2 aromatic heterocycles. The second kappa shape index (κ2) is 8.55. The number of aryl methyl sites for hydroxylation is 1. The van der Waals surface area contributed by atoms with Gasteiger partial charge in [0.2, 0.25) is 0 Å². The molecule has 0 radical (unpaired) electrons. The summed E-state index contributed by atoms with van der Waals surface area (Å²) in [5.74, 6) is 0.0478. The van der Waals surface area contributed by atoms with Crippen LogP contribution in [0.4, 0.5) is 0 Å². The number of carbonyl (C=O) groups excluding carboxylic acids is 2. The number of hydrogen-bond acceptors (Lipinski definition) is 8. The van der Waals surface area contributed by atoms with Gasteiger partial charge in [-0.25, -0.2) is 4.79 Å². The van der Waals surface area contributed by atoms with Gasteiger partial charge >= 0.3 is 11.6 Å². The van der Waals surface area contributed by atoms with E-state index < -0.39 is 17.5 Å². The highest BCUT2D eigenvalue weighted by molar-refractivity contribution is 7.16. The largest absolute Gasteiger partial charge is 0.486 e. The zero-order valence-electron chi connectivity index (χ0n) is 17.5. The first-order valence-corrected chi connectivity index (χ1v) is 11.0. The number of methoxy groups -OCH3 is 1. The highest BCUT2D eigenvalue weighted by Crippen LogP contribution is 2.35. The Bertz CT molecular complexity index is 1530. The molecule has 0 saturated heterocycles. The van der Waals surface area contributed by atoms with Crippen molar-refractivity contribution < 1.29 is 28.2 Å². The van der Waals surface area contributed by atoms with E-state index in [1.165, 1.54) is 24.5 Å². The molecular weight excluding hydrogens is 448 g/mol. The van der Waals surface area contributed by atoms with Crippen molar-refractivity contribution in [3.8, 4) is 11.5 Å². The van der Waals surface area contributed by atoms with E-state index in [4.69, 9.17) is 18.6 Å². The number of hydrogen-bond donors (Lipinski definition) is 0. The second-order valence-corrected chi connectivity index (χ2v) is 8.24. The van der Waals surface area contributed by atoms with Gasteiger partial charge < -0.3 is 23.2 Å².